The van der Waals surface area contributed by atoms with Crippen LogP contribution in [0.3, 0.4) is 0 Å². The Bertz CT molecular complexity index is 342. The topological polar surface area (TPSA) is 69.9 Å². The highest BCUT2D eigenvalue weighted by molar-refractivity contribution is 5.04. The van der Waals surface area contributed by atoms with Crippen LogP contribution >= 0.6 is 0 Å². The van der Waals surface area contributed by atoms with Gasteiger partial charge in [0.25, 0.3) is 0 Å². The molecule has 5 atom stereocenters. The van der Waals surface area contributed by atoms with Crippen LogP contribution < -0.4 is 0 Å². The monoisotopic (exact) mass is 326 g/mol. The maximum absolute atomic E-state index is 10.2. The lowest BCUT2D eigenvalue weighted by atomic mass is 9.88. The Morgan fingerprint density at radius 3 is 2.70 bits per heavy atom. The van der Waals surface area contributed by atoms with Crippen LogP contribution in [-0.4, -0.2) is 46.8 Å². The largest absolute Gasteiger partial charge is 0.393 e. The number of hydrogen-bond donors (Lipinski definition) is 3. The number of hydrogen-bond acceptors (Lipinski definition) is 4. The molecule has 0 saturated heterocycles. The zero-order chi connectivity index (χ0) is 17.1. The fourth-order valence-corrected chi connectivity index (χ4v) is 3.32. The van der Waals surface area contributed by atoms with E-state index in [0.29, 0.717) is 19.6 Å². The van der Waals surface area contributed by atoms with E-state index in [4.69, 9.17) is 4.74 Å². The fourth-order valence-electron chi connectivity index (χ4n) is 3.32. The van der Waals surface area contributed by atoms with E-state index in [1.807, 2.05) is 6.08 Å². The summed E-state index contributed by atoms with van der Waals surface area (Å²) in [5.74, 6) is -0.0401. The summed E-state index contributed by atoms with van der Waals surface area (Å²) in [6.45, 7) is 6.93. The van der Waals surface area contributed by atoms with Crippen molar-refractivity contribution in [3.8, 4) is 0 Å². The number of ether oxygens (including phenoxy) is 1. The quantitative estimate of drug-likeness (QED) is 0.381. The molecule has 0 spiro atoms. The number of aliphatic hydroxyl groups is 3. The van der Waals surface area contributed by atoms with Crippen molar-refractivity contribution >= 4 is 0 Å². The Morgan fingerprint density at radius 1 is 1.22 bits per heavy atom. The summed E-state index contributed by atoms with van der Waals surface area (Å²) in [7, 11) is 0. The van der Waals surface area contributed by atoms with Crippen molar-refractivity contribution in [1.29, 1.82) is 0 Å². The van der Waals surface area contributed by atoms with Crippen molar-refractivity contribution in [1.82, 2.24) is 0 Å². The molecule has 4 heteroatoms. The standard InChI is InChI=1S/C19H34O4/c1-3-5-6-8-15(20)10-11-17-16(18(21)14-19(17)22)9-7-13-23-12-4-2/h4,10-11,15-22H,2-3,5-9,12-14H2,1H3/t15-,16-,17+,18+,19-/m0/s1. The lowest BCUT2D eigenvalue weighted by molar-refractivity contribution is 0.102. The molecule has 0 aromatic carbocycles. The maximum atomic E-state index is 10.2. The van der Waals surface area contributed by atoms with Gasteiger partial charge in [-0.3, -0.25) is 0 Å². The molecule has 1 saturated carbocycles. The van der Waals surface area contributed by atoms with Gasteiger partial charge in [0.15, 0.2) is 0 Å². The lowest BCUT2D eigenvalue weighted by Gasteiger charge is -2.21. The lowest BCUT2D eigenvalue weighted by Crippen LogP contribution is -2.21. The molecular formula is C19H34O4. The summed E-state index contributed by atoms with van der Waals surface area (Å²) >= 11 is 0. The van der Waals surface area contributed by atoms with Gasteiger partial charge in [0.2, 0.25) is 0 Å². The molecular weight excluding hydrogens is 292 g/mol. The molecule has 134 valence electrons. The summed E-state index contributed by atoms with van der Waals surface area (Å²) in [6.07, 6.45) is 10.1. The molecule has 0 bridgehead atoms. The zero-order valence-electron chi connectivity index (χ0n) is 14.4. The average Bonchev–Trinajstić information content (AvgIpc) is 2.79. The van der Waals surface area contributed by atoms with Crippen molar-refractivity contribution in [3.05, 3.63) is 24.8 Å². The second-order valence-electron chi connectivity index (χ2n) is 6.57. The Balaban J connectivity index is 2.43. The normalized spacial score (nSPS) is 29.2. The molecule has 1 aliphatic carbocycles. The number of rotatable bonds is 12. The first-order valence-electron chi connectivity index (χ1n) is 9.01. The molecule has 23 heavy (non-hydrogen) atoms. The van der Waals surface area contributed by atoms with E-state index in [9.17, 15) is 15.3 Å². The van der Waals surface area contributed by atoms with E-state index in [2.05, 4.69) is 13.5 Å². The van der Waals surface area contributed by atoms with Gasteiger partial charge in [-0.2, -0.15) is 0 Å². The van der Waals surface area contributed by atoms with Crippen molar-refractivity contribution in [2.45, 2.75) is 70.2 Å². The van der Waals surface area contributed by atoms with Gasteiger partial charge in [0.1, 0.15) is 0 Å². The van der Waals surface area contributed by atoms with E-state index >= 15 is 0 Å². The van der Waals surface area contributed by atoms with Crippen LogP contribution in [-0.2, 0) is 4.74 Å². The van der Waals surface area contributed by atoms with Crippen LogP contribution in [0.5, 0.6) is 0 Å². The predicted molar refractivity (Wildman–Crippen MR) is 93.1 cm³/mol. The Kier molecular flexibility index (Phi) is 10.4. The van der Waals surface area contributed by atoms with Gasteiger partial charge in [0, 0.05) is 18.9 Å². The molecule has 0 heterocycles. The van der Waals surface area contributed by atoms with Crippen LogP contribution in [0.15, 0.2) is 24.8 Å². The molecule has 1 rings (SSSR count). The summed E-state index contributed by atoms with van der Waals surface area (Å²) in [5.41, 5.74) is 0. The van der Waals surface area contributed by atoms with Crippen LogP contribution in [0.4, 0.5) is 0 Å². The first-order valence-corrected chi connectivity index (χ1v) is 9.01. The van der Waals surface area contributed by atoms with Gasteiger partial charge in [-0.05, 0) is 25.2 Å². The minimum atomic E-state index is -0.525. The van der Waals surface area contributed by atoms with Crippen molar-refractivity contribution in [2.24, 2.45) is 11.8 Å². The summed E-state index contributed by atoms with van der Waals surface area (Å²) in [6, 6.07) is 0. The highest BCUT2D eigenvalue weighted by Gasteiger charge is 2.39. The third-order valence-corrected chi connectivity index (χ3v) is 4.64. The second kappa shape index (κ2) is 11.8. The van der Waals surface area contributed by atoms with Crippen molar-refractivity contribution < 1.29 is 20.1 Å². The van der Waals surface area contributed by atoms with E-state index in [0.717, 1.165) is 38.5 Å². The molecule has 0 aliphatic heterocycles. The molecule has 0 radical (unpaired) electrons. The Morgan fingerprint density at radius 2 is 2.00 bits per heavy atom. The summed E-state index contributed by atoms with van der Waals surface area (Å²) in [4.78, 5) is 0. The van der Waals surface area contributed by atoms with Crippen molar-refractivity contribution in [3.63, 3.8) is 0 Å². The maximum Gasteiger partial charge on any atom is 0.0721 e. The molecule has 3 N–H and O–H groups in total. The smallest absolute Gasteiger partial charge is 0.0721 e. The summed E-state index contributed by atoms with van der Waals surface area (Å²) < 4.78 is 5.37. The first-order chi connectivity index (χ1) is 11.1. The second-order valence-corrected chi connectivity index (χ2v) is 6.57. The van der Waals surface area contributed by atoms with Gasteiger partial charge >= 0.3 is 0 Å². The Hall–Kier alpha value is -0.680. The van der Waals surface area contributed by atoms with Crippen LogP contribution in [0.2, 0.25) is 0 Å². The van der Waals surface area contributed by atoms with Crippen LogP contribution in [0.25, 0.3) is 0 Å². The van der Waals surface area contributed by atoms with E-state index in [-0.39, 0.29) is 11.8 Å². The molecule has 0 amide bonds. The highest BCUT2D eigenvalue weighted by Crippen LogP contribution is 2.36. The molecule has 4 nitrogen and oxygen atoms in total. The van der Waals surface area contributed by atoms with Gasteiger partial charge in [-0.25, -0.2) is 0 Å². The average molecular weight is 326 g/mol. The fraction of sp³-hybridized carbons (Fsp3) is 0.789. The molecule has 1 aliphatic rings. The molecule has 0 aromatic rings. The van der Waals surface area contributed by atoms with Gasteiger partial charge in [-0.1, -0.05) is 44.4 Å². The first kappa shape index (κ1) is 20.4. The SMILES string of the molecule is C=CCOCCC[C@H]1[C@@H](C=C[C@@H](O)CCCCC)[C@@H](O)C[C@H]1O. The zero-order valence-corrected chi connectivity index (χ0v) is 14.4. The summed E-state index contributed by atoms with van der Waals surface area (Å²) in [5, 5.41) is 30.3. The van der Waals surface area contributed by atoms with Crippen LogP contribution in [0.1, 0.15) is 51.9 Å². The third kappa shape index (κ3) is 7.62. The minimum absolute atomic E-state index is 0.0384. The van der Waals surface area contributed by atoms with E-state index in [1.165, 1.54) is 0 Å². The number of aliphatic hydroxyl groups excluding tert-OH is 3. The predicted octanol–water partition coefficient (Wildman–Crippen LogP) is 2.82. The van der Waals surface area contributed by atoms with Gasteiger partial charge < -0.3 is 20.1 Å². The molecule has 0 aromatic heterocycles. The number of unbranched alkanes of at least 4 members (excludes halogenated alkanes) is 2. The minimum Gasteiger partial charge on any atom is -0.393 e. The van der Waals surface area contributed by atoms with Crippen LogP contribution in [0, 0.1) is 11.8 Å². The van der Waals surface area contributed by atoms with Gasteiger partial charge in [0.05, 0.1) is 24.9 Å². The molecule has 0 unspecified atom stereocenters. The third-order valence-electron chi connectivity index (χ3n) is 4.64. The van der Waals surface area contributed by atoms with E-state index in [1.54, 1.807) is 12.2 Å². The van der Waals surface area contributed by atoms with Crippen molar-refractivity contribution in [2.75, 3.05) is 13.2 Å². The van der Waals surface area contributed by atoms with Gasteiger partial charge in [-0.15, -0.1) is 6.58 Å². The Labute approximate surface area is 140 Å². The highest BCUT2D eigenvalue weighted by atomic mass is 16.5. The molecule has 1 fully saturated rings. The van der Waals surface area contributed by atoms with E-state index < -0.39 is 18.3 Å².